The Morgan fingerprint density at radius 3 is 2.80 bits per heavy atom. The van der Waals surface area contributed by atoms with Crippen LogP contribution in [0, 0.1) is 0 Å². The molecule has 3 rings (SSSR count). The van der Waals surface area contributed by atoms with Crippen molar-refractivity contribution in [2.24, 2.45) is 0 Å². The predicted molar refractivity (Wildman–Crippen MR) is 99.1 cm³/mol. The van der Waals surface area contributed by atoms with Crippen LogP contribution < -0.4 is 10.1 Å². The van der Waals surface area contributed by atoms with Crippen molar-refractivity contribution in [2.45, 2.75) is 19.4 Å². The second-order valence-electron chi connectivity index (χ2n) is 5.74. The van der Waals surface area contributed by atoms with Crippen LogP contribution in [0.25, 0.3) is 10.9 Å². The fourth-order valence-electron chi connectivity index (χ4n) is 2.68. The summed E-state index contributed by atoms with van der Waals surface area (Å²) in [4.78, 5) is 12.0. The Morgan fingerprint density at radius 2 is 2.04 bits per heavy atom. The number of rotatable bonds is 7. The molecule has 0 aliphatic rings. The van der Waals surface area contributed by atoms with Crippen LogP contribution in [0.1, 0.15) is 12.0 Å². The first kappa shape index (κ1) is 17.3. The van der Waals surface area contributed by atoms with Crippen molar-refractivity contribution in [1.82, 2.24) is 15.1 Å². The summed E-state index contributed by atoms with van der Waals surface area (Å²) in [6, 6.07) is 13.5. The van der Waals surface area contributed by atoms with Crippen LogP contribution in [0.2, 0.25) is 5.02 Å². The van der Waals surface area contributed by atoms with Crippen LogP contribution in [0.4, 0.5) is 0 Å². The quantitative estimate of drug-likeness (QED) is 0.704. The van der Waals surface area contributed by atoms with Gasteiger partial charge in [0.15, 0.2) is 0 Å². The lowest BCUT2D eigenvalue weighted by Crippen LogP contribution is -2.26. The average Bonchev–Trinajstić information content (AvgIpc) is 3.05. The number of amides is 1. The number of aromatic nitrogens is 2. The highest BCUT2D eigenvalue weighted by Gasteiger charge is 2.07. The van der Waals surface area contributed by atoms with E-state index in [9.17, 15) is 4.79 Å². The van der Waals surface area contributed by atoms with E-state index in [2.05, 4.69) is 10.4 Å². The molecule has 0 bridgehead atoms. The minimum Gasteiger partial charge on any atom is -0.497 e. The van der Waals surface area contributed by atoms with Gasteiger partial charge in [-0.15, -0.1) is 0 Å². The van der Waals surface area contributed by atoms with Crippen molar-refractivity contribution in [3.8, 4) is 5.75 Å². The van der Waals surface area contributed by atoms with E-state index >= 15 is 0 Å². The third-order valence-corrected chi connectivity index (χ3v) is 4.41. The molecular weight excluding hydrogens is 338 g/mol. The van der Waals surface area contributed by atoms with Crippen molar-refractivity contribution >= 4 is 28.4 Å². The van der Waals surface area contributed by atoms with Crippen molar-refractivity contribution in [2.75, 3.05) is 13.7 Å². The smallest absolute Gasteiger partial charge is 0.221 e. The van der Waals surface area contributed by atoms with Crippen molar-refractivity contribution in [1.29, 1.82) is 0 Å². The van der Waals surface area contributed by atoms with Gasteiger partial charge in [-0.3, -0.25) is 9.48 Å². The number of methoxy groups -OCH3 is 1. The third kappa shape index (κ3) is 4.31. The second kappa shape index (κ2) is 8.03. The lowest BCUT2D eigenvalue weighted by atomic mass is 10.1. The number of nitrogens with zero attached hydrogens (tertiary/aromatic N) is 2. The highest BCUT2D eigenvalue weighted by Crippen LogP contribution is 2.22. The van der Waals surface area contributed by atoms with Gasteiger partial charge in [0, 0.05) is 18.4 Å². The molecule has 1 heterocycles. The normalized spacial score (nSPS) is 10.8. The number of hydrogen-bond donors (Lipinski definition) is 1. The molecule has 3 aromatic rings. The summed E-state index contributed by atoms with van der Waals surface area (Å²) in [6.45, 7) is 1.13. The molecule has 1 aromatic heterocycles. The zero-order valence-corrected chi connectivity index (χ0v) is 14.8. The topological polar surface area (TPSA) is 56.1 Å². The summed E-state index contributed by atoms with van der Waals surface area (Å²) in [5, 5.41) is 8.84. The number of benzene rings is 2. The van der Waals surface area contributed by atoms with Crippen LogP contribution in [0.5, 0.6) is 5.75 Å². The first-order chi connectivity index (χ1) is 12.2. The Morgan fingerprint density at radius 1 is 1.24 bits per heavy atom. The van der Waals surface area contributed by atoms with E-state index in [0.29, 0.717) is 24.5 Å². The molecule has 130 valence electrons. The van der Waals surface area contributed by atoms with Crippen LogP contribution >= 0.6 is 11.6 Å². The molecule has 0 fully saturated rings. The van der Waals surface area contributed by atoms with Gasteiger partial charge in [0.1, 0.15) is 5.75 Å². The highest BCUT2D eigenvalue weighted by molar-refractivity contribution is 6.35. The Bertz CT molecular complexity index is 859. The van der Waals surface area contributed by atoms with Gasteiger partial charge in [0.25, 0.3) is 0 Å². The van der Waals surface area contributed by atoms with Crippen LogP contribution in [-0.2, 0) is 17.8 Å². The molecular formula is C19H20ClN3O2. The van der Waals surface area contributed by atoms with Crippen molar-refractivity contribution in [3.63, 3.8) is 0 Å². The molecule has 0 aliphatic carbocycles. The second-order valence-corrected chi connectivity index (χ2v) is 6.15. The largest absolute Gasteiger partial charge is 0.497 e. The first-order valence-electron chi connectivity index (χ1n) is 8.17. The van der Waals surface area contributed by atoms with Gasteiger partial charge in [-0.05, 0) is 36.2 Å². The summed E-state index contributed by atoms with van der Waals surface area (Å²) < 4.78 is 6.94. The van der Waals surface area contributed by atoms with E-state index in [1.165, 1.54) is 0 Å². The van der Waals surface area contributed by atoms with Gasteiger partial charge >= 0.3 is 0 Å². The first-order valence-corrected chi connectivity index (χ1v) is 8.55. The fourth-order valence-corrected chi connectivity index (χ4v) is 2.90. The zero-order valence-electron chi connectivity index (χ0n) is 14.0. The summed E-state index contributed by atoms with van der Waals surface area (Å²) in [7, 11) is 1.64. The van der Waals surface area contributed by atoms with Crippen molar-refractivity contribution in [3.05, 3.63) is 59.2 Å². The van der Waals surface area contributed by atoms with Gasteiger partial charge in [0.05, 0.1) is 30.4 Å². The fraction of sp³-hybridized carbons (Fsp3) is 0.263. The lowest BCUT2D eigenvalue weighted by Gasteiger charge is -2.07. The van der Waals surface area contributed by atoms with E-state index in [1.807, 2.05) is 47.1 Å². The molecule has 0 saturated heterocycles. The summed E-state index contributed by atoms with van der Waals surface area (Å²) in [5.74, 6) is 0.846. The molecule has 5 nitrogen and oxygen atoms in total. The highest BCUT2D eigenvalue weighted by atomic mass is 35.5. The number of carbonyl (C=O) groups excluding carboxylic acids is 1. The molecule has 0 atom stereocenters. The number of hydrogen-bond acceptors (Lipinski definition) is 3. The Balaban J connectivity index is 1.46. The Labute approximate surface area is 151 Å². The van der Waals surface area contributed by atoms with E-state index < -0.39 is 0 Å². The third-order valence-electron chi connectivity index (χ3n) is 4.08. The van der Waals surface area contributed by atoms with Crippen LogP contribution in [0.3, 0.4) is 0 Å². The summed E-state index contributed by atoms with van der Waals surface area (Å²) in [6.07, 6.45) is 2.90. The molecule has 0 aliphatic heterocycles. The molecule has 2 aromatic carbocycles. The predicted octanol–water partition coefficient (Wildman–Crippen LogP) is 3.45. The van der Waals surface area contributed by atoms with Gasteiger partial charge < -0.3 is 10.1 Å². The minimum absolute atomic E-state index is 0.0131. The van der Waals surface area contributed by atoms with E-state index in [-0.39, 0.29) is 5.91 Å². The van der Waals surface area contributed by atoms with Gasteiger partial charge in [-0.25, -0.2) is 0 Å². The SMILES string of the molecule is COc1ccc(CCNC(=O)CCn2ncc3c(Cl)cccc32)cc1. The molecule has 1 N–H and O–H groups in total. The number of nitrogens with one attached hydrogen (secondary N) is 1. The number of fused-ring (bicyclic) bond motifs is 1. The van der Waals surface area contributed by atoms with E-state index in [4.69, 9.17) is 16.3 Å². The van der Waals surface area contributed by atoms with Gasteiger partial charge in [-0.1, -0.05) is 29.8 Å². The minimum atomic E-state index is 0.0131. The molecule has 0 radical (unpaired) electrons. The van der Waals surface area contributed by atoms with Gasteiger partial charge in [0.2, 0.25) is 5.91 Å². The number of carbonyl (C=O) groups is 1. The molecule has 0 spiro atoms. The molecule has 0 saturated carbocycles. The summed E-state index contributed by atoms with van der Waals surface area (Å²) >= 11 is 6.14. The lowest BCUT2D eigenvalue weighted by molar-refractivity contribution is -0.121. The van der Waals surface area contributed by atoms with Crippen LogP contribution in [-0.4, -0.2) is 29.3 Å². The molecule has 1 amide bonds. The maximum Gasteiger partial charge on any atom is 0.221 e. The van der Waals surface area contributed by atoms with Crippen molar-refractivity contribution < 1.29 is 9.53 Å². The monoisotopic (exact) mass is 357 g/mol. The zero-order chi connectivity index (χ0) is 17.6. The van der Waals surface area contributed by atoms with Crippen LogP contribution in [0.15, 0.2) is 48.7 Å². The number of halogens is 1. The summed E-state index contributed by atoms with van der Waals surface area (Å²) in [5.41, 5.74) is 2.10. The standard InChI is InChI=1S/C19H20ClN3O2/c1-25-15-7-5-14(6-8-15)9-11-21-19(24)10-12-23-18-4-2-3-17(20)16(18)13-22-23/h2-8,13H,9-12H2,1H3,(H,21,24). The number of ether oxygens (including phenoxy) is 1. The average molecular weight is 358 g/mol. The molecule has 6 heteroatoms. The molecule has 25 heavy (non-hydrogen) atoms. The van der Waals surface area contributed by atoms with Gasteiger partial charge in [-0.2, -0.15) is 5.10 Å². The maximum absolute atomic E-state index is 12.0. The maximum atomic E-state index is 12.0. The number of aryl methyl sites for hydroxylation is 1. The molecule has 0 unspecified atom stereocenters. The van der Waals surface area contributed by atoms with E-state index in [1.54, 1.807) is 13.3 Å². The Hall–Kier alpha value is -2.53. The Kier molecular flexibility index (Phi) is 5.56. The van der Waals surface area contributed by atoms with E-state index in [0.717, 1.165) is 28.6 Å².